The lowest BCUT2D eigenvalue weighted by molar-refractivity contribution is -0.140. The molecule has 6 heteroatoms. The van der Waals surface area contributed by atoms with Crippen molar-refractivity contribution >= 4 is 23.3 Å². The average molecular weight is 326 g/mol. The van der Waals surface area contributed by atoms with Gasteiger partial charge >= 0.3 is 5.97 Å². The zero-order valence-corrected chi connectivity index (χ0v) is 13.3. The van der Waals surface area contributed by atoms with Gasteiger partial charge in [0.05, 0.1) is 12.8 Å². The van der Waals surface area contributed by atoms with Gasteiger partial charge in [0.25, 0.3) is 5.91 Å². The number of amides is 1. The van der Waals surface area contributed by atoms with E-state index in [0.717, 1.165) is 5.56 Å². The lowest BCUT2D eigenvalue weighted by Crippen LogP contribution is -2.49. The van der Waals surface area contributed by atoms with Gasteiger partial charge in [-0.15, -0.1) is 0 Å². The largest absolute Gasteiger partial charge is 0.478 e. The number of hydrogen-bond donors (Lipinski definition) is 1. The van der Waals surface area contributed by atoms with Crippen molar-refractivity contribution in [2.24, 2.45) is 0 Å². The molecule has 2 aromatic carbocycles. The maximum atomic E-state index is 12.8. The summed E-state index contributed by atoms with van der Waals surface area (Å²) in [6.45, 7) is -0.166. The highest BCUT2D eigenvalue weighted by atomic mass is 16.5. The number of carbonyl (C=O) groups is 2. The molecule has 1 aliphatic rings. The number of methoxy groups -OCH3 is 1. The van der Waals surface area contributed by atoms with E-state index in [0.29, 0.717) is 23.5 Å². The molecule has 0 radical (unpaired) electrons. The predicted molar refractivity (Wildman–Crippen MR) is 89.8 cm³/mol. The molecule has 1 atom stereocenters. The summed E-state index contributed by atoms with van der Waals surface area (Å²) in [6, 6.07) is 14.6. The van der Waals surface area contributed by atoms with Gasteiger partial charge in [-0.1, -0.05) is 30.3 Å². The number of ether oxygens (including phenoxy) is 2. The Morgan fingerprint density at radius 1 is 1.25 bits per heavy atom. The minimum atomic E-state index is -0.716. The van der Waals surface area contributed by atoms with Gasteiger partial charge in [-0.3, -0.25) is 14.5 Å². The van der Waals surface area contributed by atoms with Crippen molar-refractivity contribution in [3.63, 3.8) is 0 Å². The lowest BCUT2D eigenvalue weighted by Gasteiger charge is -2.34. The minimum Gasteiger partial charge on any atom is -0.478 e. The van der Waals surface area contributed by atoms with Crippen molar-refractivity contribution in [2.45, 2.75) is 12.5 Å². The summed E-state index contributed by atoms with van der Waals surface area (Å²) >= 11 is 0. The lowest BCUT2D eigenvalue weighted by atomic mass is 10.0. The molecule has 0 bridgehead atoms. The maximum Gasteiger partial charge on any atom is 0.325 e. The van der Waals surface area contributed by atoms with Crippen LogP contribution in [0.4, 0.5) is 11.4 Å². The normalized spacial score (nSPS) is 16.3. The SMILES string of the molecule is COC(=O)CN1C(=O)C(Cc2ccccc2)Oc2cc(N)ccc21. The second-order valence-corrected chi connectivity index (χ2v) is 5.52. The molecule has 0 spiro atoms. The van der Waals surface area contributed by atoms with Gasteiger partial charge in [0, 0.05) is 18.2 Å². The summed E-state index contributed by atoms with van der Waals surface area (Å²) in [4.78, 5) is 25.9. The maximum absolute atomic E-state index is 12.8. The first-order valence-electron chi connectivity index (χ1n) is 7.57. The van der Waals surface area contributed by atoms with Crippen LogP contribution in [0.1, 0.15) is 5.56 Å². The van der Waals surface area contributed by atoms with Crippen LogP contribution in [0.15, 0.2) is 48.5 Å². The number of benzene rings is 2. The molecule has 0 saturated carbocycles. The highest BCUT2D eigenvalue weighted by Crippen LogP contribution is 2.36. The van der Waals surface area contributed by atoms with E-state index in [1.165, 1.54) is 12.0 Å². The molecule has 24 heavy (non-hydrogen) atoms. The van der Waals surface area contributed by atoms with Crippen molar-refractivity contribution < 1.29 is 19.1 Å². The van der Waals surface area contributed by atoms with Gasteiger partial charge in [0.2, 0.25) is 0 Å². The molecule has 0 aromatic heterocycles. The fraction of sp³-hybridized carbons (Fsp3) is 0.222. The van der Waals surface area contributed by atoms with Gasteiger partial charge in [-0.05, 0) is 17.7 Å². The number of nitrogen functional groups attached to an aromatic ring is 1. The summed E-state index contributed by atoms with van der Waals surface area (Å²) in [5, 5.41) is 0. The number of hydrogen-bond acceptors (Lipinski definition) is 5. The Morgan fingerprint density at radius 2 is 2.00 bits per heavy atom. The van der Waals surface area contributed by atoms with E-state index in [4.69, 9.17) is 15.2 Å². The number of anilines is 2. The van der Waals surface area contributed by atoms with Crippen LogP contribution in [0.5, 0.6) is 5.75 Å². The number of esters is 1. The minimum absolute atomic E-state index is 0.166. The highest BCUT2D eigenvalue weighted by Gasteiger charge is 2.35. The fourth-order valence-electron chi connectivity index (χ4n) is 2.66. The zero-order valence-electron chi connectivity index (χ0n) is 13.3. The van der Waals surface area contributed by atoms with Crippen molar-refractivity contribution in [2.75, 3.05) is 24.3 Å². The molecule has 1 unspecified atom stereocenters. The quantitative estimate of drug-likeness (QED) is 0.684. The zero-order chi connectivity index (χ0) is 17.1. The molecule has 0 fully saturated rings. The summed E-state index contributed by atoms with van der Waals surface area (Å²) in [5.41, 5.74) is 7.83. The van der Waals surface area contributed by atoms with Crippen molar-refractivity contribution in [3.8, 4) is 5.75 Å². The van der Waals surface area contributed by atoms with Crippen LogP contribution in [-0.2, 0) is 20.7 Å². The monoisotopic (exact) mass is 326 g/mol. The van der Waals surface area contributed by atoms with E-state index in [2.05, 4.69) is 0 Å². The Hall–Kier alpha value is -3.02. The van der Waals surface area contributed by atoms with E-state index in [1.807, 2.05) is 30.3 Å². The fourth-order valence-corrected chi connectivity index (χ4v) is 2.66. The number of rotatable bonds is 4. The molecule has 3 rings (SSSR count). The molecular weight excluding hydrogens is 308 g/mol. The molecule has 1 heterocycles. The van der Waals surface area contributed by atoms with Crippen molar-refractivity contribution in [3.05, 3.63) is 54.1 Å². The third-order valence-electron chi connectivity index (χ3n) is 3.86. The topological polar surface area (TPSA) is 81.9 Å². The van der Waals surface area contributed by atoms with Gasteiger partial charge in [-0.25, -0.2) is 0 Å². The number of carbonyl (C=O) groups excluding carboxylic acids is 2. The predicted octanol–water partition coefficient (Wildman–Crippen LogP) is 1.78. The molecule has 6 nitrogen and oxygen atoms in total. The first-order chi connectivity index (χ1) is 11.6. The highest BCUT2D eigenvalue weighted by molar-refractivity contribution is 6.03. The summed E-state index contributed by atoms with van der Waals surface area (Å²) in [5.74, 6) is -0.285. The van der Waals surface area contributed by atoms with E-state index < -0.39 is 12.1 Å². The molecule has 1 amide bonds. The molecule has 2 aromatic rings. The van der Waals surface area contributed by atoms with Crippen molar-refractivity contribution in [1.82, 2.24) is 0 Å². The second kappa shape index (κ2) is 6.62. The first-order valence-corrected chi connectivity index (χ1v) is 7.57. The number of nitrogens with two attached hydrogens (primary N) is 1. The molecule has 124 valence electrons. The molecule has 1 aliphatic heterocycles. The van der Waals surface area contributed by atoms with E-state index >= 15 is 0 Å². The molecule has 2 N–H and O–H groups in total. The first kappa shape index (κ1) is 15.9. The smallest absolute Gasteiger partial charge is 0.325 e. The average Bonchev–Trinajstić information content (AvgIpc) is 2.59. The van der Waals surface area contributed by atoms with Crippen molar-refractivity contribution in [1.29, 1.82) is 0 Å². The van der Waals surface area contributed by atoms with Gasteiger partial charge < -0.3 is 15.2 Å². The number of nitrogens with zero attached hydrogens (tertiary/aromatic N) is 1. The van der Waals surface area contributed by atoms with Crippen LogP contribution in [0.25, 0.3) is 0 Å². The second-order valence-electron chi connectivity index (χ2n) is 5.52. The van der Waals surface area contributed by atoms with E-state index in [-0.39, 0.29) is 12.5 Å². The van der Waals surface area contributed by atoms with Crippen LogP contribution >= 0.6 is 0 Å². The van der Waals surface area contributed by atoms with Crippen LogP contribution < -0.4 is 15.4 Å². The molecule has 0 saturated heterocycles. The molecular formula is C18H18N2O4. The van der Waals surface area contributed by atoms with Gasteiger partial charge in [0.15, 0.2) is 6.10 Å². The summed E-state index contributed by atoms with van der Waals surface area (Å²) < 4.78 is 10.5. The van der Waals surface area contributed by atoms with Gasteiger partial charge in [0.1, 0.15) is 12.3 Å². The number of fused-ring (bicyclic) bond motifs is 1. The third kappa shape index (κ3) is 3.17. The third-order valence-corrected chi connectivity index (χ3v) is 3.86. The molecule has 0 aliphatic carbocycles. The van der Waals surface area contributed by atoms with Gasteiger partial charge in [-0.2, -0.15) is 0 Å². The van der Waals surface area contributed by atoms with Crippen LogP contribution in [-0.4, -0.2) is 31.6 Å². The standard InChI is InChI=1S/C18H18N2O4/c1-23-17(21)11-20-14-8-7-13(19)10-15(14)24-16(18(20)22)9-12-5-3-2-4-6-12/h2-8,10,16H,9,11,19H2,1H3. The Labute approximate surface area is 139 Å². The van der Waals surface area contributed by atoms with E-state index in [1.54, 1.807) is 18.2 Å². The van der Waals surface area contributed by atoms with Crippen LogP contribution in [0, 0.1) is 0 Å². The Morgan fingerprint density at radius 3 is 2.71 bits per heavy atom. The van der Waals surface area contributed by atoms with Crippen LogP contribution in [0.2, 0.25) is 0 Å². The summed E-state index contributed by atoms with van der Waals surface area (Å²) in [6.07, 6.45) is -0.308. The van der Waals surface area contributed by atoms with Crippen LogP contribution in [0.3, 0.4) is 0 Å². The summed E-state index contributed by atoms with van der Waals surface area (Å²) in [7, 11) is 1.29. The Kier molecular flexibility index (Phi) is 4.37. The Bertz CT molecular complexity index is 761. The Balaban J connectivity index is 1.93. The van der Waals surface area contributed by atoms with E-state index in [9.17, 15) is 9.59 Å².